The monoisotopic (exact) mass is 494 g/mol. The highest BCUT2D eigenvalue weighted by Gasteiger charge is 2.40. The minimum absolute atomic E-state index is 0.0614. The minimum Gasteiger partial charge on any atom is -0.485 e. The van der Waals surface area contributed by atoms with Gasteiger partial charge in [0.1, 0.15) is 6.61 Å². The molecular formula is C23H22F4N4O4. The molecule has 1 fully saturated rings. The number of allylic oxidation sites excluding steroid dienone is 2. The van der Waals surface area contributed by atoms with E-state index in [0.717, 1.165) is 0 Å². The summed E-state index contributed by atoms with van der Waals surface area (Å²) in [6, 6.07) is 5.12. The topological polar surface area (TPSA) is 86.6 Å². The third-order valence-corrected chi connectivity index (χ3v) is 5.89. The van der Waals surface area contributed by atoms with Gasteiger partial charge in [-0.1, -0.05) is 24.3 Å². The number of likely N-dealkylation sites (tertiary alicyclic amines) is 1. The lowest BCUT2D eigenvalue weighted by Gasteiger charge is -2.40. The molecule has 2 atom stereocenters. The molecule has 4 rings (SSSR count). The Morgan fingerprint density at radius 3 is 2.69 bits per heavy atom. The maximum atomic E-state index is 12.9. The number of alkyl halides is 4. The van der Waals surface area contributed by atoms with E-state index in [1.165, 1.54) is 46.1 Å². The second kappa shape index (κ2) is 9.98. The Morgan fingerprint density at radius 2 is 1.97 bits per heavy atom. The summed E-state index contributed by atoms with van der Waals surface area (Å²) in [6.45, 7) is -1.96. The Bertz CT molecular complexity index is 1200. The third kappa shape index (κ3) is 5.11. The molecule has 3 heterocycles. The van der Waals surface area contributed by atoms with Gasteiger partial charge in [-0.25, -0.2) is 18.4 Å². The van der Waals surface area contributed by atoms with Crippen molar-refractivity contribution in [2.24, 2.45) is 0 Å². The van der Waals surface area contributed by atoms with Gasteiger partial charge in [0.2, 0.25) is 0 Å². The number of amides is 1. The van der Waals surface area contributed by atoms with E-state index in [4.69, 9.17) is 9.47 Å². The molecule has 1 amide bonds. The molecule has 2 unspecified atom stereocenters. The average Bonchev–Trinajstić information content (AvgIpc) is 2.79. The molecule has 0 aromatic carbocycles. The highest BCUT2D eigenvalue weighted by Crippen LogP contribution is 2.34. The van der Waals surface area contributed by atoms with Crippen molar-refractivity contribution < 1.29 is 31.8 Å². The Kier molecular flexibility index (Phi) is 7.01. The molecule has 35 heavy (non-hydrogen) atoms. The molecule has 1 saturated heterocycles. The molecule has 2 aromatic rings. The van der Waals surface area contributed by atoms with Crippen molar-refractivity contribution in [2.75, 3.05) is 19.7 Å². The average molecular weight is 494 g/mol. The number of aromatic nitrogens is 3. The molecule has 0 bridgehead atoms. The molecule has 2 aromatic heterocycles. The largest absolute Gasteiger partial charge is 0.485 e. The first kappa shape index (κ1) is 24.6. The maximum absolute atomic E-state index is 12.9. The standard InChI is InChI=1S/C23H22F4N4O4/c1-23(9-3-2-6-17(23)35-22(26)27)16-7-8-19(32)31(29-16)14-11-30(12-14)21(33)20-15(5-4-10-28-20)34-13-18(24)25/h2-10,14,17-18,22H,11-13H2,1H3. The number of carbonyl (C=O) groups is 1. The van der Waals surface area contributed by atoms with Crippen molar-refractivity contribution in [3.8, 4) is 5.75 Å². The van der Waals surface area contributed by atoms with Crippen molar-refractivity contribution in [3.63, 3.8) is 0 Å². The van der Waals surface area contributed by atoms with Crippen LogP contribution in [0.25, 0.3) is 0 Å². The molecule has 2 aliphatic rings. The maximum Gasteiger partial charge on any atom is 0.345 e. The zero-order valence-corrected chi connectivity index (χ0v) is 18.6. The summed E-state index contributed by atoms with van der Waals surface area (Å²) in [5.74, 6) is -0.596. The fourth-order valence-electron chi connectivity index (χ4n) is 3.96. The number of hydrogen-bond donors (Lipinski definition) is 0. The molecule has 1 aliphatic heterocycles. The van der Waals surface area contributed by atoms with Gasteiger partial charge in [0.05, 0.1) is 23.3 Å². The van der Waals surface area contributed by atoms with Crippen molar-refractivity contribution in [1.29, 1.82) is 0 Å². The number of pyridine rings is 1. The van der Waals surface area contributed by atoms with Gasteiger partial charge < -0.3 is 14.4 Å². The smallest absolute Gasteiger partial charge is 0.345 e. The van der Waals surface area contributed by atoms with Crippen molar-refractivity contribution in [1.82, 2.24) is 19.7 Å². The summed E-state index contributed by atoms with van der Waals surface area (Å²) in [5, 5.41) is 4.41. The highest BCUT2D eigenvalue weighted by molar-refractivity contribution is 5.95. The second-order valence-electron chi connectivity index (χ2n) is 8.26. The van der Waals surface area contributed by atoms with Crippen LogP contribution in [0.2, 0.25) is 0 Å². The van der Waals surface area contributed by atoms with Gasteiger partial charge in [-0.05, 0) is 25.1 Å². The van der Waals surface area contributed by atoms with E-state index >= 15 is 0 Å². The molecule has 12 heteroatoms. The van der Waals surface area contributed by atoms with Gasteiger partial charge >= 0.3 is 6.61 Å². The van der Waals surface area contributed by atoms with E-state index in [-0.39, 0.29) is 24.5 Å². The molecule has 0 N–H and O–H groups in total. The predicted molar refractivity (Wildman–Crippen MR) is 116 cm³/mol. The molecule has 1 aliphatic carbocycles. The summed E-state index contributed by atoms with van der Waals surface area (Å²) in [7, 11) is 0. The number of ether oxygens (including phenoxy) is 2. The van der Waals surface area contributed by atoms with E-state index < -0.39 is 48.7 Å². The van der Waals surface area contributed by atoms with Crippen LogP contribution < -0.4 is 10.3 Å². The first-order chi connectivity index (χ1) is 16.7. The Morgan fingerprint density at radius 1 is 1.20 bits per heavy atom. The lowest BCUT2D eigenvalue weighted by Crippen LogP contribution is -2.54. The summed E-state index contributed by atoms with van der Waals surface area (Å²) >= 11 is 0. The number of carbonyl (C=O) groups excluding carboxylic acids is 1. The highest BCUT2D eigenvalue weighted by atomic mass is 19.3. The van der Waals surface area contributed by atoms with Crippen LogP contribution in [0, 0.1) is 0 Å². The van der Waals surface area contributed by atoms with Gasteiger partial charge in [0, 0.05) is 25.4 Å². The van der Waals surface area contributed by atoms with Gasteiger partial charge in [0.15, 0.2) is 11.4 Å². The van der Waals surface area contributed by atoms with Crippen LogP contribution in [0.1, 0.15) is 29.1 Å². The van der Waals surface area contributed by atoms with E-state index in [0.29, 0.717) is 5.69 Å². The lowest BCUT2D eigenvalue weighted by atomic mass is 9.78. The number of nitrogens with zero attached hydrogens (tertiary/aromatic N) is 4. The van der Waals surface area contributed by atoms with Crippen LogP contribution in [0.15, 0.2) is 59.6 Å². The van der Waals surface area contributed by atoms with E-state index in [1.807, 2.05) is 0 Å². The van der Waals surface area contributed by atoms with Crippen molar-refractivity contribution in [2.45, 2.75) is 37.5 Å². The minimum atomic E-state index is -2.99. The summed E-state index contributed by atoms with van der Waals surface area (Å²) < 4.78 is 61.9. The molecule has 0 saturated carbocycles. The Hall–Kier alpha value is -3.54. The van der Waals surface area contributed by atoms with Crippen LogP contribution in [0.5, 0.6) is 5.75 Å². The number of halogens is 4. The van der Waals surface area contributed by atoms with Gasteiger partial charge in [-0.2, -0.15) is 13.9 Å². The van der Waals surface area contributed by atoms with Crippen molar-refractivity contribution >= 4 is 5.91 Å². The summed E-state index contributed by atoms with van der Waals surface area (Å²) in [5.41, 5.74) is -1.24. The first-order valence-corrected chi connectivity index (χ1v) is 10.7. The van der Waals surface area contributed by atoms with Crippen LogP contribution in [0.4, 0.5) is 17.6 Å². The zero-order chi connectivity index (χ0) is 25.2. The van der Waals surface area contributed by atoms with Gasteiger partial charge in [-0.3, -0.25) is 9.59 Å². The molecular weight excluding hydrogens is 472 g/mol. The Balaban J connectivity index is 1.51. The first-order valence-electron chi connectivity index (χ1n) is 10.7. The van der Waals surface area contributed by atoms with Gasteiger partial charge in [-0.15, -0.1) is 0 Å². The summed E-state index contributed by atoms with van der Waals surface area (Å²) in [4.78, 5) is 30.7. The number of rotatable bonds is 8. The van der Waals surface area contributed by atoms with Crippen LogP contribution >= 0.6 is 0 Å². The van der Waals surface area contributed by atoms with Crippen molar-refractivity contribution in [3.05, 3.63) is 76.5 Å². The van der Waals surface area contributed by atoms with Crippen LogP contribution in [0.3, 0.4) is 0 Å². The van der Waals surface area contributed by atoms with Crippen LogP contribution in [-0.4, -0.2) is 64.4 Å². The fraction of sp³-hybridized carbons (Fsp3) is 0.391. The lowest BCUT2D eigenvalue weighted by molar-refractivity contribution is -0.162. The molecule has 186 valence electrons. The SMILES string of the molecule is CC1(c2ccc(=O)n(C3CN(C(=O)c4ncccc4OCC(F)F)C3)n2)C=CC=CC1OC(F)F. The Labute approximate surface area is 197 Å². The zero-order valence-electron chi connectivity index (χ0n) is 18.6. The normalized spacial score (nSPS) is 22.0. The third-order valence-electron chi connectivity index (χ3n) is 5.89. The fourth-order valence-corrected chi connectivity index (χ4v) is 3.96. The van der Waals surface area contributed by atoms with E-state index in [1.54, 1.807) is 25.2 Å². The van der Waals surface area contributed by atoms with E-state index in [2.05, 4.69) is 10.1 Å². The van der Waals surface area contributed by atoms with Gasteiger partial charge in [0.25, 0.3) is 17.9 Å². The molecule has 8 nitrogen and oxygen atoms in total. The van der Waals surface area contributed by atoms with Crippen LogP contribution in [-0.2, 0) is 10.2 Å². The summed E-state index contributed by atoms with van der Waals surface area (Å²) in [6.07, 6.45) is 4.09. The predicted octanol–water partition coefficient (Wildman–Crippen LogP) is 2.97. The quantitative estimate of drug-likeness (QED) is 0.525. The number of hydrogen-bond acceptors (Lipinski definition) is 6. The van der Waals surface area contributed by atoms with E-state index in [9.17, 15) is 27.2 Å². The molecule has 0 spiro atoms. The second-order valence-corrected chi connectivity index (χ2v) is 8.26. The molecule has 0 radical (unpaired) electrons.